The molecular formula is C20H19F3N4O2. The minimum Gasteiger partial charge on any atom is -0.507 e. The number of nitrogens with zero attached hydrogens (tertiary/aromatic N) is 2. The molecular weight excluding hydrogens is 385 g/mol. The van der Waals surface area contributed by atoms with E-state index in [9.17, 15) is 23.4 Å². The molecule has 29 heavy (non-hydrogen) atoms. The quantitative estimate of drug-likeness (QED) is 0.536. The van der Waals surface area contributed by atoms with Gasteiger partial charge in [-0.3, -0.25) is 0 Å². The Morgan fingerprint density at radius 1 is 1.03 bits per heavy atom. The number of piperidine rings is 1. The summed E-state index contributed by atoms with van der Waals surface area (Å²) in [7, 11) is 0. The van der Waals surface area contributed by atoms with Gasteiger partial charge in [-0.15, -0.1) is 10.2 Å². The summed E-state index contributed by atoms with van der Waals surface area (Å²) in [5, 5.41) is 36.2. The normalized spacial score (nSPS) is 20.0. The highest BCUT2D eigenvalue weighted by Gasteiger charge is 2.31. The second-order valence-electron chi connectivity index (χ2n) is 7.06. The molecule has 0 aliphatic carbocycles. The number of alkyl halides is 3. The number of aromatic hydroxyl groups is 1. The molecule has 1 aromatic heterocycles. The summed E-state index contributed by atoms with van der Waals surface area (Å²) in [6.07, 6.45) is -4.44. The lowest BCUT2D eigenvalue weighted by Crippen LogP contribution is -2.45. The van der Waals surface area contributed by atoms with Gasteiger partial charge in [-0.1, -0.05) is 24.3 Å². The molecule has 2 atom stereocenters. The van der Waals surface area contributed by atoms with Crippen molar-refractivity contribution >= 4 is 16.6 Å². The fourth-order valence-electron chi connectivity index (χ4n) is 3.54. The maximum Gasteiger partial charge on any atom is 0.416 e. The number of nitrogens with one attached hydrogen (secondary N) is 2. The van der Waals surface area contributed by atoms with E-state index in [2.05, 4.69) is 20.8 Å². The van der Waals surface area contributed by atoms with Gasteiger partial charge < -0.3 is 20.8 Å². The fraction of sp³-hybridized carbons (Fsp3) is 0.300. The van der Waals surface area contributed by atoms with Crippen molar-refractivity contribution in [3.05, 3.63) is 48.0 Å². The molecule has 0 saturated carbocycles. The smallest absolute Gasteiger partial charge is 0.416 e. The van der Waals surface area contributed by atoms with Gasteiger partial charge >= 0.3 is 6.18 Å². The molecule has 0 bridgehead atoms. The SMILES string of the molecule is Oc1cc(C(F)(F)F)ccc1-c1nnc(NC2CNCC(O)C2)c2ccccc12. The van der Waals surface area contributed by atoms with Crippen LogP contribution in [0.3, 0.4) is 0 Å². The van der Waals surface area contributed by atoms with Crippen LogP contribution >= 0.6 is 0 Å². The zero-order chi connectivity index (χ0) is 20.6. The Labute approximate surface area is 164 Å². The number of aromatic nitrogens is 2. The number of benzene rings is 2. The maximum absolute atomic E-state index is 12.9. The van der Waals surface area contributed by atoms with Crippen LogP contribution in [-0.2, 0) is 6.18 Å². The predicted octanol–water partition coefficient (Wildman–Crippen LogP) is 3.16. The first-order valence-electron chi connectivity index (χ1n) is 9.14. The highest BCUT2D eigenvalue weighted by molar-refractivity contribution is 6.00. The minimum atomic E-state index is -4.55. The van der Waals surface area contributed by atoms with E-state index in [1.807, 2.05) is 12.1 Å². The average Bonchev–Trinajstić information content (AvgIpc) is 2.68. The zero-order valence-corrected chi connectivity index (χ0v) is 15.2. The van der Waals surface area contributed by atoms with Crippen molar-refractivity contribution in [2.45, 2.75) is 24.7 Å². The average molecular weight is 404 g/mol. The van der Waals surface area contributed by atoms with Crippen molar-refractivity contribution in [2.75, 3.05) is 18.4 Å². The van der Waals surface area contributed by atoms with Crippen LogP contribution in [0.4, 0.5) is 19.0 Å². The zero-order valence-electron chi connectivity index (χ0n) is 15.2. The Morgan fingerprint density at radius 2 is 1.79 bits per heavy atom. The van der Waals surface area contributed by atoms with Gasteiger partial charge in [-0.2, -0.15) is 13.2 Å². The summed E-state index contributed by atoms with van der Waals surface area (Å²) in [6, 6.07) is 9.95. The third-order valence-electron chi connectivity index (χ3n) is 4.94. The summed E-state index contributed by atoms with van der Waals surface area (Å²) in [4.78, 5) is 0. The molecule has 4 N–H and O–H groups in total. The van der Waals surface area contributed by atoms with Gasteiger partial charge in [0.1, 0.15) is 11.4 Å². The topological polar surface area (TPSA) is 90.3 Å². The van der Waals surface area contributed by atoms with E-state index in [1.165, 1.54) is 6.07 Å². The van der Waals surface area contributed by atoms with Crippen LogP contribution in [0.1, 0.15) is 12.0 Å². The van der Waals surface area contributed by atoms with Crippen molar-refractivity contribution in [3.63, 3.8) is 0 Å². The lowest BCUT2D eigenvalue weighted by Gasteiger charge is -2.28. The van der Waals surface area contributed by atoms with E-state index in [1.54, 1.807) is 12.1 Å². The van der Waals surface area contributed by atoms with E-state index < -0.39 is 23.6 Å². The Bertz CT molecular complexity index is 1040. The minimum absolute atomic E-state index is 0.0400. The lowest BCUT2D eigenvalue weighted by molar-refractivity contribution is -0.137. The molecule has 6 nitrogen and oxygen atoms in total. The Morgan fingerprint density at radius 3 is 2.48 bits per heavy atom. The number of halogens is 3. The number of rotatable bonds is 3. The molecule has 1 aliphatic rings. The van der Waals surface area contributed by atoms with Crippen LogP contribution in [0.15, 0.2) is 42.5 Å². The first-order chi connectivity index (χ1) is 13.8. The molecule has 2 aromatic carbocycles. The fourth-order valence-corrected chi connectivity index (χ4v) is 3.54. The maximum atomic E-state index is 12.9. The number of phenolic OH excluding ortho intramolecular Hbond substituents is 1. The van der Waals surface area contributed by atoms with Crippen LogP contribution in [-0.4, -0.2) is 45.6 Å². The molecule has 1 aliphatic heterocycles. The Kier molecular flexibility index (Phi) is 5.01. The van der Waals surface area contributed by atoms with Crippen LogP contribution in [0.5, 0.6) is 5.75 Å². The molecule has 0 spiro atoms. The molecule has 4 rings (SSSR count). The monoisotopic (exact) mass is 404 g/mol. The van der Waals surface area contributed by atoms with Gasteiger partial charge in [0.15, 0.2) is 5.82 Å². The van der Waals surface area contributed by atoms with E-state index in [0.29, 0.717) is 42.5 Å². The van der Waals surface area contributed by atoms with Crippen LogP contribution < -0.4 is 10.6 Å². The molecule has 2 unspecified atom stereocenters. The Balaban J connectivity index is 1.74. The van der Waals surface area contributed by atoms with Gasteiger partial charge in [0.25, 0.3) is 0 Å². The van der Waals surface area contributed by atoms with Gasteiger partial charge in [0.05, 0.1) is 11.7 Å². The molecule has 1 saturated heterocycles. The summed E-state index contributed by atoms with van der Waals surface area (Å²) in [5.74, 6) is -0.00348. The molecule has 1 fully saturated rings. The number of hydrogen-bond acceptors (Lipinski definition) is 6. The summed E-state index contributed by atoms with van der Waals surface area (Å²) < 4.78 is 38.7. The number of aliphatic hydroxyl groups is 1. The Hall–Kier alpha value is -2.91. The van der Waals surface area contributed by atoms with Gasteiger partial charge in [0.2, 0.25) is 0 Å². The molecule has 152 valence electrons. The molecule has 0 amide bonds. The highest BCUT2D eigenvalue weighted by atomic mass is 19.4. The standard InChI is InChI=1S/C20H19F3N4O2/c21-20(22,23)11-5-6-16(17(29)7-11)18-14-3-1-2-4-15(14)19(27-26-18)25-12-8-13(28)10-24-9-12/h1-7,12-13,24,28-29H,8-10H2,(H,25,27). The number of fused-ring (bicyclic) bond motifs is 1. The number of β-amino-alcohol motifs (C(OH)–C–C–N with tert-alkyl or cyclic N) is 1. The van der Waals surface area contributed by atoms with Crippen LogP contribution in [0.2, 0.25) is 0 Å². The second-order valence-corrected chi connectivity index (χ2v) is 7.06. The van der Waals surface area contributed by atoms with E-state index in [0.717, 1.165) is 11.5 Å². The molecule has 3 aromatic rings. The van der Waals surface area contributed by atoms with Crippen molar-refractivity contribution in [1.29, 1.82) is 0 Å². The third kappa shape index (κ3) is 3.96. The number of hydrogen-bond donors (Lipinski definition) is 4. The van der Waals surface area contributed by atoms with Gasteiger partial charge in [-0.05, 0) is 24.6 Å². The molecule has 2 heterocycles. The van der Waals surface area contributed by atoms with Crippen LogP contribution in [0, 0.1) is 0 Å². The van der Waals surface area contributed by atoms with Crippen molar-refractivity contribution < 1.29 is 23.4 Å². The van der Waals surface area contributed by atoms with Gasteiger partial charge in [0, 0.05) is 35.5 Å². The summed E-state index contributed by atoms with van der Waals surface area (Å²) in [6.45, 7) is 1.20. The number of anilines is 1. The number of aliphatic hydroxyl groups excluding tert-OH is 1. The van der Waals surface area contributed by atoms with E-state index in [4.69, 9.17) is 0 Å². The first-order valence-corrected chi connectivity index (χ1v) is 9.14. The second kappa shape index (κ2) is 7.49. The number of phenols is 1. The van der Waals surface area contributed by atoms with Crippen molar-refractivity contribution in [1.82, 2.24) is 15.5 Å². The summed E-state index contributed by atoms with van der Waals surface area (Å²) >= 11 is 0. The predicted molar refractivity (Wildman–Crippen MR) is 103 cm³/mol. The van der Waals surface area contributed by atoms with E-state index in [-0.39, 0.29) is 11.6 Å². The largest absolute Gasteiger partial charge is 0.507 e. The van der Waals surface area contributed by atoms with Crippen molar-refractivity contribution in [3.8, 4) is 17.0 Å². The molecule has 0 radical (unpaired) electrons. The third-order valence-corrected chi connectivity index (χ3v) is 4.94. The van der Waals surface area contributed by atoms with Crippen LogP contribution in [0.25, 0.3) is 22.0 Å². The summed E-state index contributed by atoms with van der Waals surface area (Å²) in [5.41, 5.74) is -0.472. The molecule has 9 heteroatoms. The van der Waals surface area contributed by atoms with Gasteiger partial charge in [-0.25, -0.2) is 0 Å². The first kappa shape index (κ1) is 19.4. The lowest BCUT2D eigenvalue weighted by atomic mass is 10.0. The highest BCUT2D eigenvalue weighted by Crippen LogP contribution is 2.38. The van der Waals surface area contributed by atoms with Crippen molar-refractivity contribution in [2.24, 2.45) is 0 Å². The van der Waals surface area contributed by atoms with E-state index >= 15 is 0 Å².